The zero-order valence-corrected chi connectivity index (χ0v) is 11.7. The summed E-state index contributed by atoms with van der Waals surface area (Å²) in [5, 5.41) is 2.21. The molecule has 1 aromatic heterocycles. The fourth-order valence-electron chi connectivity index (χ4n) is 2.67. The summed E-state index contributed by atoms with van der Waals surface area (Å²) in [7, 11) is 0. The second-order valence-electron chi connectivity index (χ2n) is 4.97. The van der Waals surface area contributed by atoms with Crippen molar-refractivity contribution in [1.82, 2.24) is 9.97 Å². The van der Waals surface area contributed by atoms with E-state index in [2.05, 4.69) is 33.2 Å². The number of hydrogen-bond acceptors (Lipinski definition) is 3. The molecule has 1 fully saturated rings. The van der Waals surface area contributed by atoms with Crippen LogP contribution < -0.4 is 22.6 Å². The van der Waals surface area contributed by atoms with E-state index in [1.54, 1.807) is 0 Å². The molecule has 0 aromatic carbocycles. The van der Waals surface area contributed by atoms with E-state index in [1.165, 1.54) is 30.6 Å². The van der Waals surface area contributed by atoms with Crippen molar-refractivity contribution < 1.29 is 17.7 Å². The maximum absolute atomic E-state index is 4.65. The van der Waals surface area contributed by atoms with Gasteiger partial charge in [-0.05, 0) is 26.2 Å². The van der Waals surface area contributed by atoms with Gasteiger partial charge in [0.15, 0.2) is 5.82 Å². The lowest BCUT2D eigenvalue weighted by Crippen LogP contribution is -3.00. The van der Waals surface area contributed by atoms with Gasteiger partial charge in [0, 0.05) is 26.1 Å². The highest BCUT2D eigenvalue weighted by molar-refractivity contribution is 5.72. The Kier molecular flexibility index (Phi) is 3.88. The van der Waals surface area contributed by atoms with E-state index in [1.807, 2.05) is 6.92 Å². The van der Waals surface area contributed by atoms with Gasteiger partial charge in [-0.25, -0.2) is 9.97 Å². The van der Waals surface area contributed by atoms with Gasteiger partial charge in [0.1, 0.15) is 17.2 Å². The third-order valence-corrected chi connectivity index (χ3v) is 3.46. The van der Waals surface area contributed by atoms with Crippen LogP contribution in [0.4, 0.5) is 11.5 Å². The summed E-state index contributed by atoms with van der Waals surface area (Å²) < 4.78 is 0. The Morgan fingerprint density at radius 3 is 2.56 bits per heavy atom. The quantitative estimate of drug-likeness (QED) is 0.663. The van der Waals surface area contributed by atoms with Gasteiger partial charge >= 0.3 is 0 Å². The number of anilines is 1. The van der Waals surface area contributed by atoms with Gasteiger partial charge in [0.05, 0.1) is 0 Å². The number of nitrogens with two attached hydrogens (primary N) is 1. The topological polar surface area (TPSA) is 45.6 Å². The summed E-state index contributed by atoms with van der Waals surface area (Å²) >= 11 is 0. The van der Waals surface area contributed by atoms with Crippen LogP contribution in [0.1, 0.15) is 37.7 Å². The fraction of sp³-hybridized carbons (Fsp3) is 0.538. The maximum atomic E-state index is 4.65. The van der Waals surface area contributed by atoms with Gasteiger partial charge in [-0.3, -0.25) is 5.32 Å². The summed E-state index contributed by atoms with van der Waals surface area (Å²) in [4.78, 5) is 11.6. The van der Waals surface area contributed by atoms with Crippen LogP contribution in [0.2, 0.25) is 0 Å². The molecule has 2 N–H and O–H groups in total. The highest BCUT2D eigenvalue weighted by Gasteiger charge is 2.26. The highest BCUT2D eigenvalue weighted by Crippen LogP contribution is 2.29. The van der Waals surface area contributed by atoms with Gasteiger partial charge in [-0.2, -0.15) is 0 Å². The fourth-order valence-corrected chi connectivity index (χ4v) is 2.67. The molecule has 0 atom stereocenters. The molecule has 0 radical (unpaired) electrons. The number of fused-ring (bicyclic) bond motifs is 1. The van der Waals surface area contributed by atoms with E-state index in [0.29, 0.717) is 0 Å². The maximum Gasteiger partial charge on any atom is 0.203 e. The van der Waals surface area contributed by atoms with Crippen molar-refractivity contribution >= 4 is 17.6 Å². The van der Waals surface area contributed by atoms with Crippen LogP contribution in [0, 0.1) is 6.92 Å². The molecule has 5 heteroatoms. The van der Waals surface area contributed by atoms with Gasteiger partial charge < -0.3 is 17.3 Å². The third kappa shape index (κ3) is 2.35. The first-order valence-corrected chi connectivity index (χ1v) is 6.41. The first-order chi connectivity index (χ1) is 8.24. The minimum absolute atomic E-state index is 0. The molecule has 0 spiro atoms. The third-order valence-electron chi connectivity index (χ3n) is 3.46. The summed E-state index contributed by atoms with van der Waals surface area (Å²) in [6.07, 6.45) is 6.07. The summed E-state index contributed by atoms with van der Waals surface area (Å²) in [6.45, 7) is 6.37. The van der Waals surface area contributed by atoms with Crippen molar-refractivity contribution in [3.05, 3.63) is 17.2 Å². The smallest absolute Gasteiger partial charge is 0.203 e. The molecular formula is C13H19ClN4. The highest BCUT2D eigenvalue weighted by atomic mass is 35.5. The Labute approximate surface area is 114 Å². The molecule has 1 saturated heterocycles. The minimum Gasteiger partial charge on any atom is -1.00 e. The number of nitrogens with zero attached hydrogens (tertiary/aromatic N) is 3. The Morgan fingerprint density at radius 1 is 1.11 bits per heavy atom. The average Bonchev–Trinajstić information content (AvgIpc) is 2.69. The molecule has 3 heterocycles. The van der Waals surface area contributed by atoms with Crippen LogP contribution in [0.3, 0.4) is 0 Å². The van der Waals surface area contributed by atoms with Crippen LogP contribution in [0.5, 0.6) is 0 Å². The molecule has 98 valence electrons. The standard InChI is InChI=1S/C13H18N4.ClH/c1-9-8-11-12(14-9)13(16-10(2)15-11)17-6-4-3-5-7-17;/h8,14H,3-7H2,1-2H3;1H. The Morgan fingerprint density at radius 2 is 1.83 bits per heavy atom. The lowest BCUT2D eigenvalue weighted by atomic mass is 10.1. The van der Waals surface area contributed by atoms with E-state index in [0.717, 1.165) is 30.4 Å². The molecule has 18 heavy (non-hydrogen) atoms. The Balaban J connectivity index is 0.00000120. The Bertz CT molecular complexity index is 478. The molecule has 1 aromatic rings. The van der Waals surface area contributed by atoms with Gasteiger partial charge in [-0.1, -0.05) is 0 Å². The van der Waals surface area contributed by atoms with Crippen LogP contribution in [0.15, 0.2) is 5.70 Å². The number of halogens is 1. The molecule has 0 bridgehead atoms. The molecule has 2 aliphatic rings. The normalized spacial score (nSPS) is 18.1. The second kappa shape index (κ2) is 5.24. The van der Waals surface area contributed by atoms with E-state index >= 15 is 0 Å². The van der Waals surface area contributed by atoms with Crippen LogP contribution >= 0.6 is 0 Å². The van der Waals surface area contributed by atoms with Crippen LogP contribution in [-0.4, -0.2) is 23.1 Å². The van der Waals surface area contributed by atoms with Crippen LogP contribution in [-0.2, 0) is 0 Å². The predicted octanol–water partition coefficient (Wildman–Crippen LogP) is -1.65. The number of hydrogen-bond donors (Lipinski definition) is 1. The number of allylic oxidation sites excluding steroid dienone is 1. The molecule has 0 saturated carbocycles. The van der Waals surface area contributed by atoms with E-state index in [-0.39, 0.29) is 12.4 Å². The van der Waals surface area contributed by atoms with Crippen LogP contribution in [0.25, 0.3) is 6.08 Å². The first kappa shape index (κ1) is 13.3. The first-order valence-electron chi connectivity index (χ1n) is 6.41. The zero-order chi connectivity index (χ0) is 11.8. The summed E-state index contributed by atoms with van der Waals surface area (Å²) in [5.41, 5.74) is 3.59. The number of aryl methyl sites for hydroxylation is 1. The number of piperidine rings is 1. The van der Waals surface area contributed by atoms with Gasteiger partial charge in [0.2, 0.25) is 5.69 Å². The SMILES string of the molecule is CC1=Cc2nc(C)nc(N3CCCCC3)c2[NH2+]1.[Cl-]. The predicted molar refractivity (Wildman–Crippen MR) is 68.1 cm³/mol. The Hall–Kier alpha value is -1.13. The summed E-state index contributed by atoms with van der Waals surface area (Å²) in [5.74, 6) is 2.02. The number of aromatic nitrogens is 2. The lowest BCUT2D eigenvalue weighted by molar-refractivity contribution is -0.511. The lowest BCUT2D eigenvalue weighted by Gasteiger charge is -2.28. The molecule has 3 rings (SSSR count). The minimum atomic E-state index is 0. The van der Waals surface area contributed by atoms with Gasteiger partial charge in [0.25, 0.3) is 0 Å². The van der Waals surface area contributed by atoms with Crippen molar-refractivity contribution in [2.24, 2.45) is 0 Å². The van der Waals surface area contributed by atoms with E-state index < -0.39 is 0 Å². The summed E-state index contributed by atoms with van der Waals surface area (Å²) in [6, 6.07) is 0. The van der Waals surface area contributed by atoms with Gasteiger partial charge in [-0.15, -0.1) is 0 Å². The molecule has 0 amide bonds. The van der Waals surface area contributed by atoms with Crippen molar-refractivity contribution in [3.63, 3.8) is 0 Å². The van der Waals surface area contributed by atoms with E-state index in [9.17, 15) is 0 Å². The van der Waals surface area contributed by atoms with Crippen molar-refractivity contribution in [2.75, 3.05) is 18.0 Å². The molecule has 0 aliphatic carbocycles. The molecule has 4 nitrogen and oxygen atoms in total. The zero-order valence-electron chi connectivity index (χ0n) is 10.9. The monoisotopic (exact) mass is 266 g/mol. The van der Waals surface area contributed by atoms with Crippen molar-refractivity contribution in [1.29, 1.82) is 0 Å². The molecule has 2 aliphatic heterocycles. The largest absolute Gasteiger partial charge is 1.00 e. The van der Waals surface area contributed by atoms with E-state index in [4.69, 9.17) is 0 Å². The average molecular weight is 267 g/mol. The molecule has 0 unspecified atom stereocenters. The number of rotatable bonds is 1. The molecular weight excluding hydrogens is 248 g/mol. The van der Waals surface area contributed by atoms with Crippen molar-refractivity contribution in [3.8, 4) is 0 Å². The number of quaternary nitrogens is 1. The second-order valence-corrected chi connectivity index (χ2v) is 4.97. The van der Waals surface area contributed by atoms with Crippen molar-refractivity contribution in [2.45, 2.75) is 33.1 Å².